The minimum Gasteiger partial charge on any atom is -0.478 e. The third kappa shape index (κ3) is 2.49. The van der Waals surface area contributed by atoms with E-state index < -0.39 is 22.6 Å². The van der Waals surface area contributed by atoms with Crippen molar-refractivity contribution in [1.82, 2.24) is 0 Å². The molecule has 2 N–H and O–H groups in total. The monoisotopic (exact) mass is 405 g/mol. The third-order valence-electron chi connectivity index (χ3n) is 6.41. The highest BCUT2D eigenvalue weighted by atomic mass is 19.1. The Morgan fingerprint density at radius 2 is 1.77 bits per heavy atom. The van der Waals surface area contributed by atoms with Crippen molar-refractivity contribution in [3.05, 3.63) is 101 Å². The number of carboxylic acids is 1. The van der Waals surface area contributed by atoms with Gasteiger partial charge in [-0.15, -0.1) is 0 Å². The van der Waals surface area contributed by atoms with Crippen LogP contribution in [0.3, 0.4) is 0 Å². The van der Waals surface area contributed by atoms with E-state index in [0.29, 0.717) is 29.7 Å². The van der Waals surface area contributed by atoms with Crippen LogP contribution in [0, 0.1) is 11.6 Å². The summed E-state index contributed by atoms with van der Waals surface area (Å²) in [6.45, 7) is 0. The number of anilines is 1. The summed E-state index contributed by atoms with van der Waals surface area (Å²) in [5, 5.41) is 12.3. The summed E-state index contributed by atoms with van der Waals surface area (Å²) >= 11 is 0. The van der Waals surface area contributed by atoms with Crippen LogP contribution < -0.4 is 5.32 Å². The lowest BCUT2D eigenvalue weighted by atomic mass is 9.78. The van der Waals surface area contributed by atoms with Gasteiger partial charge < -0.3 is 10.4 Å². The minimum atomic E-state index is -1.08. The molecule has 1 amide bonds. The second-order valence-electron chi connectivity index (χ2n) is 8.00. The van der Waals surface area contributed by atoms with E-state index >= 15 is 0 Å². The first-order valence-electron chi connectivity index (χ1n) is 9.55. The molecule has 30 heavy (non-hydrogen) atoms. The molecule has 150 valence electrons. The number of hydrogen-bond acceptors (Lipinski definition) is 2. The lowest BCUT2D eigenvalue weighted by Gasteiger charge is -2.23. The molecule has 1 aliphatic carbocycles. The second-order valence-corrected chi connectivity index (χ2v) is 8.00. The number of rotatable bonds is 4. The molecule has 1 heterocycles. The van der Waals surface area contributed by atoms with Crippen molar-refractivity contribution in [2.75, 3.05) is 5.32 Å². The van der Waals surface area contributed by atoms with Gasteiger partial charge in [-0.1, -0.05) is 24.3 Å². The van der Waals surface area contributed by atoms with Gasteiger partial charge >= 0.3 is 5.97 Å². The molecule has 0 aromatic heterocycles. The highest BCUT2D eigenvalue weighted by Crippen LogP contribution is 2.70. The first kappa shape index (κ1) is 18.5. The van der Waals surface area contributed by atoms with Crippen LogP contribution >= 0.6 is 0 Å². The Hall–Kier alpha value is -3.54. The Balaban J connectivity index is 1.69. The summed E-state index contributed by atoms with van der Waals surface area (Å²) in [4.78, 5) is 24.7. The van der Waals surface area contributed by atoms with Crippen LogP contribution in [-0.4, -0.2) is 17.0 Å². The van der Waals surface area contributed by atoms with Crippen molar-refractivity contribution < 1.29 is 23.5 Å². The van der Waals surface area contributed by atoms with Crippen molar-refractivity contribution in [3.63, 3.8) is 0 Å². The summed E-state index contributed by atoms with van der Waals surface area (Å²) < 4.78 is 27.5. The predicted octanol–water partition coefficient (Wildman–Crippen LogP) is 4.44. The van der Waals surface area contributed by atoms with E-state index in [0.717, 1.165) is 5.56 Å². The van der Waals surface area contributed by atoms with Crippen LogP contribution in [-0.2, 0) is 22.0 Å². The summed E-state index contributed by atoms with van der Waals surface area (Å²) in [7, 11) is 0. The van der Waals surface area contributed by atoms with Gasteiger partial charge in [-0.2, -0.15) is 0 Å². The highest BCUT2D eigenvalue weighted by molar-refractivity contribution is 6.11. The molecule has 1 fully saturated rings. The summed E-state index contributed by atoms with van der Waals surface area (Å²) in [5.41, 5.74) is 1.04. The number of hydrogen-bond donors (Lipinski definition) is 2. The number of halogens is 2. The van der Waals surface area contributed by atoms with Gasteiger partial charge in [0.05, 0.1) is 11.0 Å². The molecule has 3 aromatic rings. The maximum atomic E-state index is 13.9. The van der Waals surface area contributed by atoms with E-state index in [1.54, 1.807) is 30.3 Å². The van der Waals surface area contributed by atoms with Gasteiger partial charge in [0.25, 0.3) is 0 Å². The standard InChI is InChI=1S/C24H17F2NO3/c25-17-7-5-16(6-8-17)23(12-14-2-1-3-18(26)10-14)13-24(23)19-11-15(21(28)29)4-9-20(19)27-22(24)30/h1-11H,12-13H2,(H,27,30)(H,28,29). The Bertz CT molecular complexity index is 1210. The van der Waals surface area contributed by atoms with Crippen molar-refractivity contribution in [1.29, 1.82) is 0 Å². The van der Waals surface area contributed by atoms with Crippen LogP contribution in [0.5, 0.6) is 0 Å². The van der Waals surface area contributed by atoms with Gasteiger partial charge in [0.15, 0.2) is 0 Å². The van der Waals surface area contributed by atoms with Gasteiger partial charge in [-0.05, 0) is 72.0 Å². The maximum Gasteiger partial charge on any atom is 0.335 e. The van der Waals surface area contributed by atoms with Crippen LogP contribution in [0.2, 0.25) is 0 Å². The van der Waals surface area contributed by atoms with Gasteiger partial charge in [-0.25, -0.2) is 13.6 Å². The molecule has 1 spiro atoms. The molecule has 6 heteroatoms. The quantitative estimate of drug-likeness (QED) is 0.675. The average Bonchev–Trinajstić information content (AvgIpc) is 3.30. The topological polar surface area (TPSA) is 66.4 Å². The van der Waals surface area contributed by atoms with E-state index in [9.17, 15) is 23.5 Å². The van der Waals surface area contributed by atoms with Crippen LogP contribution in [0.25, 0.3) is 0 Å². The summed E-state index contributed by atoms with van der Waals surface area (Å²) in [6, 6.07) is 16.8. The molecule has 2 aliphatic rings. The van der Waals surface area contributed by atoms with Gasteiger partial charge in [-0.3, -0.25) is 4.79 Å². The second kappa shape index (κ2) is 6.23. The molecule has 2 atom stereocenters. The molecule has 2 unspecified atom stereocenters. The van der Waals surface area contributed by atoms with Crippen molar-refractivity contribution in [2.24, 2.45) is 0 Å². The van der Waals surface area contributed by atoms with Crippen LogP contribution in [0.15, 0.2) is 66.7 Å². The number of carbonyl (C=O) groups is 2. The zero-order valence-corrected chi connectivity index (χ0v) is 15.8. The molecule has 1 aliphatic heterocycles. The lowest BCUT2D eigenvalue weighted by Crippen LogP contribution is -2.31. The van der Waals surface area contributed by atoms with E-state index in [1.165, 1.54) is 36.4 Å². The number of carboxylic acid groups (broad SMARTS) is 1. The fraction of sp³-hybridized carbons (Fsp3) is 0.167. The SMILES string of the molecule is O=C(O)c1ccc2c(c1)C1(CC1(Cc1cccc(F)c1)c1ccc(F)cc1)C(=O)N2. The fourth-order valence-corrected chi connectivity index (χ4v) is 4.98. The maximum absolute atomic E-state index is 13.9. The normalized spacial score (nSPS) is 23.9. The number of amides is 1. The smallest absolute Gasteiger partial charge is 0.335 e. The largest absolute Gasteiger partial charge is 0.478 e. The minimum absolute atomic E-state index is 0.0929. The lowest BCUT2D eigenvalue weighted by molar-refractivity contribution is -0.118. The van der Waals surface area contributed by atoms with Crippen LogP contribution in [0.4, 0.5) is 14.5 Å². The van der Waals surface area contributed by atoms with E-state index in [2.05, 4.69) is 5.32 Å². The highest BCUT2D eigenvalue weighted by Gasteiger charge is 2.75. The molecule has 0 saturated heterocycles. The Morgan fingerprint density at radius 3 is 2.47 bits per heavy atom. The van der Waals surface area contributed by atoms with Gasteiger partial charge in [0.1, 0.15) is 11.6 Å². The number of aromatic carboxylic acids is 1. The Morgan fingerprint density at radius 1 is 1.00 bits per heavy atom. The Labute approximate surface area is 171 Å². The van der Waals surface area contributed by atoms with Gasteiger partial charge in [0.2, 0.25) is 5.91 Å². The van der Waals surface area contributed by atoms with Crippen molar-refractivity contribution in [3.8, 4) is 0 Å². The molecular formula is C24H17F2NO3. The van der Waals surface area contributed by atoms with E-state index in [4.69, 9.17) is 0 Å². The van der Waals surface area contributed by atoms with Gasteiger partial charge in [0, 0.05) is 11.1 Å². The molecule has 0 bridgehead atoms. The first-order valence-corrected chi connectivity index (χ1v) is 9.55. The predicted molar refractivity (Wildman–Crippen MR) is 107 cm³/mol. The Kier molecular flexibility index (Phi) is 3.84. The number of fused-ring (bicyclic) bond motifs is 2. The zero-order valence-electron chi connectivity index (χ0n) is 15.8. The van der Waals surface area contributed by atoms with E-state index in [1.807, 2.05) is 0 Å². The molecule has 1 saturated carbocycles. The zero-order chi connectivity index (χ0) is 21.1. The number of nitrogens with one attached hydrogen (secondary N) is 1. The number of benzene rings is 3. The molecule has 5 rings (SSSR count). The molecule has 3 aromatic carbocycles. The molecule has 4 nitrogen and oxygen atoms in total. The van der Waals surface area contributed by atoms with Crippen LogP contribution in [0.1, 0.15) is 33.5 Å². The third-order valence-corrected chi connectivity index (χ3v) is 6.41. The molecule has 0 radical (unpaired) electrons. The average molecular weight is 405 g/mol. The van der Waals surface area contributed by atoms with Crippen molar-refractivity contribution in [2.45, 2.75) is 23.7 Å². The fourth-order valence-electron chi connectivity index (χ4n) is 4.98. The molecular weight excluding hydrogens is 388 g/mol. The summed E-state index contributed by atoms with van der Waals surface area (Å²) in [5.74, 6) is -2.06. The number of carbonyl (C=O) groups excluding carboxylic acids is 1. The summed E-state index contributed by atoms with van der Waals surface area (Å²) in [6.07, 6.45) is 0.782. The van der Waals surface area contributed by atoms with E-state index in [-0.39, 0.29) is 17.3 Å². The first-order chi connectivity index (χ1) is 14.4. The van der Waals surface area contributed by atoms with Crippen molar-refractivity contribution >= 4 is 17.6 Å².